The zero-order valence-corrected chi connectivity index (χ0v) is 9.16. The third-order valence-electron chi connectivity index (χ3n) is 2.06. The quantitative estimate of drug-likeness (QED) is 0.518. The molecule has 1 fully saturated rings. The highest BCUT2D eigenvalue weighted by Crippen LogP contribution is 2.10. The van der Waals surface area contributed by atoms with E-state index in [0.717, 1.165) is 0 Å². The van der Waals surface area contributed by atoms with Crippen molar-refractivity contribution in [1.82, 2.24) is 4.90 Å². The van der Waals surface area contributed by atoms with E-state index < -0.39 is 23.2 Å². The fraction of sp³-hybridized carbons (Fsp3) is 0.750. The first-order chi connectivity index (χ1) is 6.99. The Bertz CT molecular complexity index is 293. The molecule has 0 bridgehead atoms. The van der Waals surface area contributed by atoms with Gasteiger partial charge in [-0.15, -0.1) is 0 Å². The maximum absolute atomic E-state index is 11.3. The van der Waals surface area contributed by atoms with Crippen molar-refractivity contribution in [2.24, 2.45) is 0 Å². The Morgan fingerprint density at radius 2 is 2.40 bits per heavy atom. The van der Waals surface area contributed by atoms with Gasteiger partial charge < -0.3 is 9.29 Å². The Morgan fingerprint density at radius 3 is 2.93 bits per heavy atom. The van der Waals surface area contributed by atoms with Crippen LogP contribution in [0.2, 0.25) is 0 Å². The molecule has 0 saturated carbocycles. The smallest absolute Gasteiger partial charge is 0.303 e. The van der Waals surface area contributed by atoms with Gasteiger partial charge >= 0.3 is 5.97 Å². The molecule has 1 aliphatic rings. The van der Waals surface area contributed by atoms with E-state index in [1.807, 2.05) is 0 Å². The van der Waals surface area contributed by atoms with Gasteiger partial charge in [0.25, 0.3) is 0 Å². The van der Waals surface area contributed by atoms with Crippen LogP contribution in [-0.4, -0.2) is 50.5 Å². The van der Waals surface area contributed by atoms with Crippen molar-refractivity contribution in [1.29, 1.82) is 0 Å². The van der Waals surface area contributed by atoms with Crippen molar-refractivity contribution in [3.63, 3.8) is 0 Å². The summed E-state index contributed by atoms with van der Waals surface area (Å²) in [6, 6.07) is 0. The lowest BCUT2D eigenvalue weighted by Crippen LogP contribution is -2.47. The fourth-order valence-electron chi connectivity index (χ4n) is 1.43. The van der Waals surface area contributed by atoms with Gasteiger partial charge in [0.2, 0.25) is 0 Å². The summed E-state index contributed by atoms with van der Waals surface area (Å²) in [6.07, 6.45) is -0.547. The van der Waals surface area contributed by atoms with Crippen LogP contribution in [0.1, 0.15) is 13.3 Å². The first-order valence-corrected chi connectivity index (χ1v) is 5.76. The maximum atomic E-state index is 11.3. The maximum Gasteiger partial charge on any atom is 0.303 e. The molecular weight excluding hydrogens is 222 g/mol. The molecule has 1 heterocycles. The molecule has 1 saturated heterocycles. The molecule has 15 heavy (non-hydrogen) atoms. The van der Waals surface area contributed by atoms with Crippen LogP contribution in [0, 0.1) is 0 Å². The highest BCUT2D eigenvalue weighted by Gasteiger charge is 2.29. The number of esters is 1. The van der Waals surface area contributed by atoms with E-state index in [-0.39, 0.29) is 24.6 Å². The Kier molecular flexibility index (Phi) is 4.37. The lowest BCUT2D eigenvalue weighted by molar-refractivity contribution is -0.156. The minimum Gasteiger partial charge on any atom is -0.453 e. The molecular formula is C8H13NO5S. The van der Waals surface area contributed by atoms with Gasteiger partial charge in [-0.1, -0.05) is 0 Å². The average molecular weight is 235 g/mol. The van der Waals surface area contributed by atoms with Gasteiger partial charge in [-0.25, -0.2) is 4.21 Å². The van der Waals surface area contributed by atoms with Crippen LogP contribution in [0.3, 0.4) is 0 Å². The highest BCUT2D eigenvalue weighted by atomic mass is 32.2. The van der Waals surface area contributed by atoms with Crippen molar-refractivity contribution in [3.8, 4) is 0 Å². The summed E-state index contributed by atoms with van der Waals surface area (Å²) >= 11 is -1.93. The summed E-state index contributed by atoms with van der Waals surface area (Å²) < 4.78 is 24.0. The van der Waals surface area contributed by atoms with E-state index in [0.29, 0.717) is 6.54 Å². The number of carbonyl (C=O) groups excluding carboxylic acids is 2. The average Bonchev–Trinajstić information content (AvgIpc) is 2.09. The summed E-state index contributed by atoms with van der Waals surface area (Å²) in [6.45, 7) is 1.87. The Balaban J connectivity index is 2.51. The number of carbonyl (C=O) groups is 2. The van der Waals surface area contributed by atoms with Crippen LogP contribution >= 0.6 is 0 Å². The van der Waals surface area contributed by atoms with Crippen LogP contribution in [0.25, 0.3) is 0 Å². The standard InChI is InChI=1S/C8H13NO5S/c1-6(10)14-8-4-9(5-15(12)13)3-2-7(8)11/h8H,2-5H2,1H3,(H,12,13). The van der Waals surface area contributed by atoms with E-state index in [1.54, 1.807) is 4.90 Å². The van der Waals surface area contributed by atoms with Crippen LogP contribution in [-0.2, 0) is 25.4 Å². The van der Waals surface area contributed by atoms with Gasteiger partial charge in [0.05, 0.1) is 0 Å². The van der Waals surface area contributed by atoms with Crippen molar-refractivity contribution in [2.45, 2.75) is 19.4 Å². The molecule has 0 amide bonds. The largest absolute Gasteiger partial charge is 0.453 e. The second-order valence-electron chi connectivity index (χ2n) is 3.34. The number of ketones is 1. The number of Topliss-reactive ketones (excluding diaryl/α,β-unsaturated/α-hetero) is 1. The first-order valence-electron chi connectivity index (χ1n) is 4.49. The van der Waals surface area contributed by atoms with Gasteiger partial charge in [-0.3, -0.25) is 14.5 Å². The molecule has 86 valence electrons. The van der Waals surface area contributed by atoms with Crippen molar-refractivity contribution in [3.05, 3.63) is 0 Å². The Labute approximate surface area is 89.9 Å². The summed E-state index contributed by atoms with van der Waals surface area (Å²) in [5.41, 5.74) is 0. The number of ether oxygens (including phenoxy) is 1. The van der Waals surface area contributed by atoms with E-state index in [1.165, 1.54) is 6.92 Å². The molecule has 2 atom stereocenters. The third-order valence-corrected chi connectivity index (χ3v) is 2.64. The minimum absolute atomic E-state index is 0.0228. The number of likely N-dealkylation sites (tertiary alicyclic amines) is 1. The second-order valence-corrected chi connectivity index (χ2v) is 4.24. The van der Waals surface area contributed by atoms with Gasteiger partial charge in [0, 0.05) is 26.4 Å². The topological polar surface area (TPSA) is 83.9 Å². The lowest BCUT2D eigenvalue weighted by atomic mass is 10.1. The lowest BCUT2D eigenvalue weighted by Gasteiger charge is -2.29. The van der Waals surface area contributed by atoms with Crippen LogP contribution in [0.15, 0.2) is 0 Å². The van der Waals surface area contributed by atoms with Crippen molar-refractivity contribution in [2.75, 3.05) is 19.0 Å². The third kappa shape index (κ3) is 4.06. The number of piperidine rings is 1. The molecule has 0 aromatic rings. The van der Waals surface area contributed by atoms with Crippen LogP contribution in [0.5, 0.6) is 0 Å². The molecule has 0 aromatic heterocycles. The van der Waals surface area contributed by atoms with E-state index >= 15 is 0 Å². The predicted molar refractivity (Wildman–Crippen MR) is 52.4 cm³/mol. The molecule has 1 rings (SSSR count). The highest BCUT2D eigenvalue weighted by molar-refractivity contribution is 7.79. The number of hydrogen-bond acceptors (Lipinski definition) is 5. The van der Waals surface area contributed by atoms with E-state index in [2.05, 4.69) is 0 Å². The zero-order chi connectivity index (χ0) is 11.4. The van der Waals surface area contributed by atoms with Crippen LogP contribution < -0.4 is 0 Å². The molecule has 6 nitrogen and oxygen atoms in total. The van der Waals surface area contributed by atoms with Gasteiger partial charge in [0.1, 0.15) is 5.88 Å². The number of rotatable bonds is 3. The summed E-state index contributed by atoms with van der Waals surface area (Å²) in [5.74, 6) is -0.670. The summed E-state index contributed by atoms with van der Waals surface area (Å²) in [5, 5.41) is 0. The molecule has 0 radical (unpaired) electrons. The van der Waals surface area contributed by atoms with Crippen LogP contribution in [0.4, 0.5) is 0 Å². The Morgan fingerprint density at radius 1 is 1.73 bits per heavy atom. The molecule has 0 aliphatic carbocycles. The SMILES string of the molecule is CC(=O)OC1CN(CS(=O)O)CCC1=O. The molecule has 2 unspecified atom stereocenters. The molecule has 1 N–H and O–H groups in total. The van der Waals surface area contributed by atoms with E-state index in [9.17, 15) is 13.8 Å². The summed E-state index contributed by atoms with van der Waals surface area (Å²) in [7, 11) is 0. The first kappa shape index (κ1) is 12.3. The minimum atomic E-state index is -1.93. The number of hydrogen-bond donors (Lipinski definition) is 1. The Hall–Kier alpha value is -0.790. The van der Waals surface area contributed by atoms with Gasteiger partial charge in [-0.2, -0.15) is 0 Å². The molecule has 0 aromatic carbocycles. The van der Waals surface area contributed by atoms with Crippen molar-refractivity contribution < 1.29 is 23.1 Å². The monoisotopic (exact) mass is 235 g/mol. The van der Waals surface area contributed by atoms with E-state index in [4.69, 9.17) is 9.29 Å². The normalized spacial score (nSPS) is 24.9. The molecule has 1 aliphatic heterocycles. The zero-order valence-electron chi connectivity index (χ0n) is 8.34. The summed E-state index contributed by atoms with van der Waals surface area (Å²) in [4.78, 5) is 23.6. The van der Waals surface area contributed by atoms with Gasteiger partial charge in [0.15, 0.2) is 23.0 Å². The molecule has 7 heteroatoms. The fourth-order valence-corrected chi connectivity index (χ4v) is 1.98. The molecule has 0 spiro atoms. The van der Waals surface area contributed by atoms with Gasteiger partial charge in [-0.05, 0) is 0 Å². The number of nitrogens with zero attached hydrogens (tertiary/aromatic N) is 1. The van der Waals surface area contributed by atoms with Crippen molar-refractivity contribution >= 4 is 22.8 Å². The second kappa shape index (κ2) is 5.34. The predicted octanol–water partition coefficient (Wildman–Crippen LogP) is -0.628.